The summed E-state index contributed by atoms with van der Waals surface area (Å²) in [6.07, 6.45) is 0.0160. The van der Waals surface area contributed by atoms with Crippen molar-refractivity contribution in [1.29, 1.82) is 5.26 Å². The van der Waals surface area contributed by atoms with Crippen LogP contribution in [0.1, 0.15) is 25.8 Å². The normalized spacial score (nSPS) is 13.2. The van der Waals surface area contributed by atoms with Gasteiger partial charge in [0.05, 0.1) is 12.7 Å². The molecule has 0 saturated carbocycles. The number of carbonyl (C=O) groups is 1. The van der Waals surface area contributed by atoms with Crippen molar-refractivity contribution in [3.8, 4) is 6.07 Å². The van der Waals surface area contributed by atoms with E-state index in [0.29, 0.717) is 18.1 Å². The molecule has 1 atom stereocenters. The van der Waals surface area contributed by atoms with Gasteiger partial charge in [-0.15, -0.1) is 0 Å². The van der Waals surface area contributed by atoms with Gasteiger partial charge in [-0.25, -0.2) is 4.79 Å². The zero-order valence-electron chi connectivity index (χ0n) is 11.1. The van der Waals surface area contributed by atoms with E-state index >= 15 is 0 Å². The van der Waals surface area contributed by atoms with Crippen LogP contribution in [0.2, 0.25) is 5.02 Å². The van der Waals surface area contributed by atoms with Gasteiger partial charge >= 0.3 is 6.09 Å². The molecular weight excluding hydrogens is 264 g/mol. The fraction of sp³-hybridized carbons (Fsp3) is 0.429. The lowest BCUT2D eigenvalue weighted by atomic mass is 9.79. The molecule has 1 unspecified atom stereocenters. The molecule has 0 fully saturated rings. The summed E-state index contributed by atoms with van der Waals surface area (Å²) in [4.78, 5) is 11.4. The number of rotatable bonds is 5. The lowest BCUT2D eigenvalue weighted by molar-refractivity contribution is 0.150. The first-order valence-electron chi connectivity index (χ1n) is 6.16. The lowest BCUT2D eigenvalue weighted by Gasteiger charge is -2.26. The molecule has 1 N–H and O–H groups in total. The molecule has 102 valence electrons. The lowest BCUT2D eigenvalue weighted by Crippen LogP contribution is -2.40. The minimum absolute atomic E-state index is 0.169. The van der Waals surface area contributed by atoms with E-state index in [-0.39, 0.29) is 6.54 Å². The van der Waals surface area contributed by atoms with Gasteiger partial charge in [-0.1, -0.05) is 36.7 Å². The van der Waals surface area contributed by atoms with E-state index in [4.69, 9.17) is 16.3 Å². The topological polar surface area (TPSA) is 62.1 Å². The quantitative estimate of drug-likeness (QED) is 0.900. The highest BCUT2D eigenvalue weighted by Crippen LogP contribution is 2.32. The summed E-state index contributed by atoms with van der Waals surface area (Å²) in [5.41, 5.74) is -0.121. The largest absolute Gasteiger partial charge is 0.450 e. The Morgan fingerprint density at radius 3 is 2.68 bits per heavy atom. The highest BCUT2D eigenvalue weighted by Gasteiger charge is 2.33. The van der Waals surface area contributed by atoms with Crippen molar-refractivity contribution in [2.45, 2.75) is 25.7 Å². The molecule has 0 saturated heterocycles. The predicted octanol–water partition coefficient (Wildman–Crippen LogP) is 3.26. The van der Waals surface area contributed by atoms with Crippen molar-refractivity contribution in [1.82, 2.24) is 5.32 Å². The zero-order chi connectivity index (χ0) is 14.3. The van der Waals surface area contributed by atoms with E-state index < -0.39 is 11.5 Å². The molecule has 0 radical (unpaired) electrons. The first-order chi connectivity index (χ1) is 9.09. The minimum atomic E-state index is -0.842. The molecule has 4 nitrogen and oxygen atoms in total. The highest BCUT2D eigenvalue weighted by atomic mass is 35.5. The average molecular weight is 281 g/mol. The SMILES string of the molecule is CCOC(=O)NCC(C#N)(CC)c1ccccc1Cl. The summed E-state index contributed by atoms with van der Waals surface area (Å²) >= 11 is 6.15. The van der Waals surface area contributed by atoms with Crippen molar-refractivity contribution >= 4 is 17.7 Å². The van der Waals surface area contributed by atoms with Crippen molar-refractivity contribution in [2.24, 2.45) is 0 Å². The van der Waals surface area contributed by atoms with Crippen LogP contribution in [0.5, 0.6) is 0 Å². The number of halogens is 1. The second-order valence-electron chi connectivity index (χ2n) is 4.10. The van der Waals surface area contributed by atoms with Gasteiger partial charge in [0.2, 0.25) is 0 Å². The summed E-state index contributed by atoms with van der Waals surface area (Å²) in [5, 5.41) is 12.6. The Hall–Kier alpha value is -1.73. The molecule has 0 bridgehead atoms. The monoisotopic (exact) mass is 280 g/mol. The Bertz CT molecular complexity index is 485. The second kappa shape index (κ2) is 7.01. The number of benzene rings is 1. The van der Waals surface area contributed by atoms with Crippen LogP contribution in [0.3, 0.4) is 0 Å². The van der Waals surface area contributed by atoms with Gasteiger partial charge < -0.3 is 10.1 Å². The van der Waals surface area contributed by atoms with Gasteiger partial charge in [0.1, 0.15) is 5.41 Å². The van der Waals surface area contributed by atoms with Crippen LogP contribution in [-0.2, 0) is 10.2 Å². The molecule has 0 aliphatic carbocycles. The molecule has 0 aromatic heterocycles. The van der Waals surface area contributed by atoms with Gasteiger partial charge in [0.25, 0.3) is 0 Å². The van der Waals surface area contributed by atoms with Crippen molar-refractivity contribution < 1.29 is 9.53 Å². The van der Waals surface area contributed by atoms with E-state index in [2.05, 4.69) is 11.4 Å². The van der Waals surface area contributed by atoms with E-state index in [0.717, 1.165) is 5.56 Å². The van der Waals surface area contributed by atoms with Crippen molar-refractivity contribution in [3.63, 3.8) is 0 Å². The van der Waals surface area contributed by atoms with Crippen molar-refractivity contribution in [3.05, 3.63) is 34.9 Å². The maximum atomic E-state index is 11.4. The molecule has 1 aromatic carbocycles. The maximum Gasteiger partial charge on any atom is 0.407 e. The third-order valence-corrected chi connectivity index (χ3v) is 3.35. The van der Waals surface area contributed by atoms with E-state index in [1.807, 2.05) is 25.1 Å². The molecule has 0 aliphatic heterocycles. The van der Waals surface area contributed by atoms with Gasteiger partial charge in [0.15, 0.2) is 0 Å². The Kier molecular flexibility index (Phi) is 5.65. The Morgan fingerprint density at radius 1 is 1.47 bits per heavy atom. The zero-order valence-corrected chi connectivity index (χ0v) is 11.8. The van der Waals surface area contributed by atoms with Crippen LogP contribution in [0.4, 0.5) is 4.79 Å². The van der Waals surface area contributed by atoms with Crippen LogP contribution < -0.4 is 5.32 Å². The number of hydrogen-bond donors (Lipinski definition) is 1. The van der Waals surface area contributed by atoms with Crippen LogP contribution in [0, 0.1) is 11.3 Å². The summed E-state index contributed by atoms with van der Waals surface area (Å²) < 4.78 is 4.80. The number of ether oxygens (including phenoxy) is 1. The Morgan fingerprint density at radius 2 is 2.16 bits per heavy atom. The Balaban J connectivity index is 2.96. The van der Waals surface area contributed by atoms with Gasteiger partial charge in [-0.3, -0.25) is 0 Å². The third kappa shape index (κ3) is 3.62. The molecular formula is C14H17ClN2O2. The number of hydrogen-bond acceptors (Lipinski definition) is 3. The molecule has 19 heavy (non-hydrogen) atoms. The number of nitrogens with zero attached hydrogens (tertiary/aromatic N) is 1. The standard InChI is InChI=1S/C14H17ClN2O2/c1-3-14(9-16,10-17-13(18)19-4-2)11-7-5-6-8-12(11)15/h5-8H,3-4,10H2,1-2H3,(H,17,18). The number of alkyl carbamates (subject to hydrolysis) is 1. The number of nitriles is 1. The van der Waals surface area contributed by atoms with E-state index in [1.54, 1.807) is 13.0 Å². The summed E-state index contributed by atoms with van der Waals surface area (Å²) in [6.45, 7) is 4.08. The minimum Gasteiger partial charge on any atom is -0.450 e. The van der Waals surface area contributed by atoms with Crippen molar-refractivity contribution in [2.75, 3.05) is 13.2 Å². The van der Waals surface area contributed by atoms with Crippen LogP contribution in [0.15, 0.2) is 24.3 Å². The number of carbonyl (C=O) groups excluding carboxylic acids is 1. The molecule has 1 amide bonds. The van der Waals surface area contributed by atoms with E-state index in [1.165, 1.54) is 0 Å². The molecule has 0 spiro atoms. The fourth-order valence-corrected chi connectivity index (χ4v) is 2.16. The third-order valence-electron chi connectivity index (χ3n) is 3.02. The summed E-state index contributed by atoms with van der Waals surface area (Å²) in [5.74, 6) is 0. The smallest absolute Gasteiger partial charge is 0.407 e. The van der Waals surface area contributed by atoms with Crippen LogP contribution >= 0.6 is 11.6 Å². The predicted molar refractivity (Wildman–Crippen MR) is 74.1 cm³/mol. The van der Waals surface area contributed by atoms with Gasteiger partial charge in [-0.05, 0) is 25.0 Å². The molecule has 5 heteroatoms. The molecule has 0 heterocycles. The summed E-state index contributed by atoms with van der Waals surface area (Å²) in [7, 11) is 0. The second-order valence-corrected chi connectivity index (χ2v) is 4.51. The number of amides is 1. The van der Waals surface area contributed by atoms with E-state index in [9.17, 15) is 10.1 Å². The van der Waals surface area contributed by atoms with Gasteiger partial charge in [0, 0.05) is 11.6 Å². The highest BCUT2D eigenvalue weighted by molar-refractivity contribution is 6.31. The number of nitrogens with one attached hydrogen (secondary N) is 1. The fourth-order valence-electron chi connectivity index (χ4n) is 1.84. The first kappa shape index (κ1) is 15.3. The van der Waals surface area contributed by atoms with Crippen LogP contribution in [0.25, 0.3) is 0 Å². The van der Waals surface area contributed by atoms with Crippen LogP contribution in [-0.4, -0.2) is 19.2 Å². The average Bonchev–Trinajstić information content (AvgIpc) is 2.42. The Labute approximate surface area is 118 Å². The molecule has 1 aromatic rings. The first-order valence-corrected chi connectivity index (χ1v) is 6.54. The van der Waals surface area contributed by atoms with Gasteiger partial charge in [-0.2, -0.15) is 5.26 Å². The summed E-state index contributed by atoms with van der Waals surface area (Å²) in [6, 6.07) is 9.45. The molecule has 0 aliphatic rings. The maximum absolute atomic E-state index is 11.4. The molecule has 1 rings (SSSR count).